The van der Waals surface area contributed by atoms with Crippen molar-refractivity contribution in [2.45, 2.75) is 24.6 Å². The van der Waals surface area contributed by atoms with Crippen LogP contribution in [0.25, 0.3) is 0 Å². The summed E-state index contributed by atoms with van der Waals surface area (Å²) in [5, 5.41) is 4.18. The molecule has 4 nitrogen and oxygen atoms in total. The first kappa shape index (κ1) is 22.6. The molecule has 1 unspecified atom stereocenters. The van der Waals surface area contributed by atoms with Crippen molar-refractivity contribution >= 4 is 17.5 Å². The second-order valence-electron chi connectivity index (χ2n) is 8.12. The molecule has 168 valence electrons. The van der Waals surface area contributed by atoms with E-state index in [2.05, 4.69) is 27.4 Å². The van der Waals surface area contributed by atoms with E-state index in [1.807, 2.05) is 54.4 Å². The molecule has 1 fully saturated rings. The van der Waals surface area contributed by atoms with E-state index in [0.717, 1.165) is 37.5 Å². The maximum atomic E-state index is 13.0. The Kier molecular flexibility index (Phi) is 6.67. The van der Waals surface area contributed by atoms with Gasteiger partial charge in [0.15, 0.2) is 0 Å². The molecule has 3 atom stereocenters. The quantitative estimate of drug-likeness (QED) is 0.549. The highest BCUT2D eigenvalue weighted by molar-refractivity contribution is 6.30. The van der Waals surface area contributed by atoms with Gasteiger partial charge < -0.3 is 10.2 Å². The minimum absolute atomic E-state index is 0.0233. The first-order chi connectivity index (χ1) is 15.3. The van der Waals surface area contributed by atoms with Crippen molar-refractivity contribution in [2.24, 2.45) is 5.92 Å². The Labute approximate surface area is 190 Å². The summed E-state index contributed by atoms with van der Waals surface area (Å²) in [6, 6.07) is 17.9. The van der Waals surface area contributed by atoms with Crippen LogP contribution in [0.5, 0.6) is 0 Å². The number of hydrogen-bond acceptors (Lipinski definition) is 4. The van der Waals surface area contributed by atoms with Crippen LogP contribution in [0.1, 0.15) is 22.6 Å². The molecule has 0 aliphatic carbocycles. The van der Waals surface area contributed by atoms with Gasteiger partial charge in [-0.05, 0) is 29.7 Å². The Morgan fingerprint density at radius 3 is 2.31 bits per heavy atom. The van der Waals surface area contributed by atoms with Crippen molar-refractivity contribution in [3.05, 3.63) is 88.7 Å². The van der Waals surface area contributed by atoms with E-state index in [1.165, 1.54) is 5.56 Å². The Morgan fingerprint density at radius 1 is 1.03 bits per heavy atom. The van der Waals surface area contributed by atoms with E-state index in [-0.39, 0.29) is 23.8 Å². The Hall–Kier alpha value is -2.64. The molecule has 8 heteroatoms. The average molecular weight is 461 g/mol. The van der Waals surface area contributed by atoms with Crippen molar-refractivity contribution in [1.82, 2.24) is 15.3 Å². The highest BCUT2D eigenvalue weighted by Crippen LogP contribution is 2.35. The predicted molar refractivity (Wildman–Crippen MR) is 120 cm³/mol. The van der Waals surface area contributed by atoms with Crippen LogP contribution in [-0.2, 0) is 12.6 Å². The fraction of sp³-hybridized carbons (Fsp3) is 0.333. The third-order valence-corrected chi connectivity index (χ3v) is 6.37. The summed E-state index contributed by atoms with van der Waals surface area (Å²) in [6.07, 6.45) is -2.04. The summed E-state index contributed by atoms with van der Waals surface area (Å²) >= 11 is 6.08. The van der Waals surface area contributed by atoms with E-state index in [1.54, 1.807) is 0 Å². The molecule has 1 saturated heterocycles. The van der Waals surface area contributed by atoms with Crippen LogP contribution in [0.2, 0.25) is 5.02 Å². The zero-order valence-electron chi connectivity index (χ0n) is 17.6. The lowest BCUT2D eigenvalue weighted by Crippen LogP contribution is -2.43. The number of likely N-dealkylation sites (N-methyl/N-ethyl adjacent to an activating group) is 1. The SMILES string of the molecule is CN(c1ncc(C(F)(F)F)cn1)C(Cc1ccccc1)[C@H]1CNC[C@@H]1c1ccc(Cl)cc1. The number of aromatic nitrogens is 2. The highest BCUT2D eigenvalue weighted by Gasteiger charge is 2.38. The number of benzene rings is 2. The average Bonchev–Trinajstić information content (AvgIpc) is 3.27. The minimum atomic E-state index is -4.46. The van der Waals surface area contributed by atoms with Crippen molar-refractivity contribution in [1.29, 1.82) is 0 Å². The monoisotopic (exact) mass is 460 g/mol. The lowest BCUT2D eigenvalue weighted by atomic mass is 9.81. The molecular formula is C24H24ClF3N4. The van der Waals surface area contributed by atoms with Gasteiger partial charge in [0.2, 0.25) is 5.95 Å². The van der Waals surface area contributed by atoms with Crippen molar-refractivity contribution in [2.75, 3.05) is 25.0 Å². The van der Waals surface area contributed by atoms with Crippen LogP contribution in [0.3, 0.4) is 0 Å². The number of nitrogens with one attached hydrogen (secondary N) is 1. The largest absolute Gasteiger partial charge is 0.419 e. The van der Waals surface area contributed by atoms with Crippen molar-refractivity contribution in [3.63, 3.8) is 0 Å². The second-order valence-corrected chi connectivity index (χ2v) is 8.55. The van der Waals surface area contributed by atoms with E-state index < -0.39 is 11.7 Å². The van der Waals surface area contributed by atoms with Crippen LogP contribution in [0.4, 0.5) is 19.1 Å². The lowest BCUT2D eigenvalue weighted by molar-refractivity contribution is -0.138. The maximum absolute atomic E-state index is 13.0. The summed E-state index contributed by atoms with van der Waals surface area (Å²) in [7, 11) is 1.85. The third-order valence-electron chi connectivity index (χ3n) is 6.12. The van der Waals surface area contributed by atoms with Gasteiger partial charge >= 0.3 is 6.18 Å². The van der Waals surface area contributed by atoms with Gasteiger partial charge in [0.25, 0.3) is 0 Å². The van der Waals surface area contributed by atoms with Crippen LogP contribution in [-0.4, -0.2) is 36.1 Å². The number of alkyl halides is 3. The molecule has 32 heavy (non-hydrogen) atoms. The molecule has 4 rings (SSSR count). The van der Waals surface area contributed by atoms with E-state index in [0.29, 0.717) is 5.02 Å². The highest BCUT2D eigenvalue weighted by atomic mass is 35.5. The van der Waals surface area contributed by atoms with E-state index >= 15 is 0 Å². The predicted octanol–water partition coefficient (Wildman–Crippen LogP) is 5.20. The molecule has 2 aromatic carbocycles. The molecule has 0 spiro atoms. The van der Waals surface area contributed by atoms with Crippen molar-refractivity contribution in [3.8, 4) is 0 Å². The number of nitrogens with zero attached hydrogens (tertiary/aromatic N) is 3. The molecular weight excluding hydrogens is 437 g/mol. The van der Waals surface area contributed by atoms with Gasteiger partial charge in [-0.3, -0.25) is 0 Å². The minimum Gasteiger partial charge on any atom is -0.340 e. The van der Waals surface area contributed by atoms with Crippen LogP contribution in [0.15, 0.2) is 67.0 Å². The Morgan fingerprint density at radius 2 is 1.69 bits per heavy atom. The van der Waals surface area contributed by atoms with Gasteiger partial charge in [0.05, 0.1) is 5.56 Å². The van der Waals surface area contributed by atoms with Crippen LogP contribution in [0, 0.1) is 5.92 Å². The zero-order chi connectivity index (χ0) is 22.7. The number of hydrogen-bond donors (Lipinski definition) is 1. The van der Waals surface area contributed by atoms with E-state index in [9.17, 15) is 13.2 Å². The summed E-state index contributed by atoms with van der Waals surface area (Å²) < 4.78 is 38.9. The third kappa shape index (κ3) is 5.05. The Balaban J connectivity index is 1.65. The summed E-state index contributed by atoms with van der Waals surface area (Å²) in [4.78, 5) is 10.0. The van der Waals surface area contributed by atoms with Gasteiger partial charge in [0.1, 0.15) is 0 Å². The smallest absolute Gasteiger partial charge is 0.340 e. The number of halogens is 4. The summed E-state index contributed by atoms with van der Waals surface area (Å²) in [5.74, 6) is 0.714. The molecule has 0 radical (unpaired) electrons. The molecule has 0 amide bonds. The fourth-order valence-corrected chi connectivity index (χ4v) is 4.53. The maximum Gasteiger partial charge on any atom is 0.419 e. The van der Waals surface area contributed by atoms with Crippen LogP contribution < -0.4 is 10.2 Å². The molecule has 1 aliphatic rings. The first-order valence-electron chi connectivity index (χ1n) is 10.4. The van der Waals surface area contributed by atoms with Gasteiger partial charge in [-0.25, -0.2) is 9.97 Å². The summed E-state index contributed by atoms with van der Waals surface area (Å²) in [5.41, 5.74) is 1.48. The molecule has 0 bridgehead atoms. The second kappa shape index (κ2) is 9.46. The van der Waals surface area contributed by atoms with Gasteiger partial charge in [-0.2, -0.15) is 13.2 Å². The fourth-order valence-electron chi connectivity index (χ4n) is 4.41. The molecule has 1 aliphatic heterocycles. The normalized spacial score (nSPS) is 19.7. The Bertz CT molecular complexity index is 1010. The molecule has 2 heterocycles. The number of rotatable bonds is 6. The van der Waals surface area contributed by atoms with E-state index in [4.69, 9.17) is 11.6 Å². The summed E-state index contributed by atoms with van der Waals surface area (Å²) in [6.45, 7) is 1.61. The van der Waals surface area contributed by atoms with Gasteiger partial charge in [-0.15, -0.1) is 0 Å². The topological polar surface area (TPSA) is 41.1 Å². The zero-order valence-corrected chi connectivity index (χ0v) is 18.3. The molecule has 1 aromatic heterocycles. The van der Waals surface area contributed by atoms with Crippen LogP contribution >= 0.6 is 11.6 Å². The van der Waals surface area contributed by atoms with Gasteiger partial charge in [-0.1, -0.05) is 54.1 Å². The molecule has 3 aromatic rings. The first-order valence-corrected chi connectivity index (χ1v) is 10.8. The van der Waals surface area contributed by atoms with Gasteiger partial charge in [0, 0.05) is 55.4 Å². The standard InChI is InChI=1S/C24H24ClF3N4/c1-32(23-30-12-18(13-31-23)24(26,27)28)22(11-16-5-3-2-4-6-16)21-15-29-14-20(21)17-7-9-19(25)10-8-17/h2-10,12-13,20-22,29H,11,14-15H2,1H3/t20-,21+,22?/m1/s1. The molecule has 1 N–H and O–H groups in total. The van der Waals surface area contributed by atoms with Crippen molar-refractivity contribution < 1.29 is 13.2 Å². The lowest BCUT2D eigenvalue weighted by Gasteiger charge is -2.36. The number of anilines is 1. The molecule has 0 saturated carbocycles.